The van der Waals surface area contributed by atoms with Crippen LogP contribution in [-0.4, -0.2) is 9.97 Å². The van der Waals surface area contributed by atoms with Crippen molar-refractivity contribution in [3.63, 3.8) is 0 Å². The van der Waals surface area contributed by atoms with Crippen molar-refractivity contribution in [2.45, 2.75) is 104 Å². The Labute approximate surface area is 173 Å². The molecule has 2 aromatic heterocycles. The molecule has 0 aliphatic heterocycles. The van der Waals surface area contributed by atoms with Gasteiger partial charge in [0, 0.05) is 34.6 Å². The highest BCUT2D eigenvalue weighted by Crippen LogP contribution is 2.35. The fourth-order valence-electron chi connectivity index (χ4n) is 3.36. The second-order valence-corrected chi connectivity index (χ2v) is 11.6. The maximum atomic E-state index is 4.81. The molecule has 0 unspecified atom stereocenters. The Bertz CT molecular complexity index is 698. The number of hydrogen-bond acceptors (Lipinski definition) is 2. The van der Waals surface area contributed by atoms with E-state index in [0.29, 0.717) is 0 Å². The van der Waals surface area contributed by atoms with Crippen LogP contribution in [0.1, 0.15) is 105 Å². The predicted molar refractivity (Wildman–Crippen MR) is 121 cm³/mol. The van der Waals surface area contributed by atoms with Gasteiger partial charge in [-0.15, -0.1) is 0 Å². The molecule has 2 heterocycles. The summed E-state index contributed by atoms with van der Waals surface area (Å²) >= 11 is 0. The van der Waals surface area contributed by atoms with Crippen LogP contribution < -0.4 is 0 Å². The minimum Gasteiger partial charge on any atom is -0.260 e. The van der Waals surface area contributed by atoms with E-state index in [2.05, 4.69) is 106 Å². The molecule has 154 valence electrons. The maximum absolute atomic E-state index is 4.81. The molecule has 0 radical (unpaired) electrons. The number of hydrogen-bond donors (Lipinski definition) is 0. The van der Waals surface area contributed by atoms with E-state index in [1.165, 1.54) is 22.5 Å². The Morgan fingerprint density at radius 3 is 1.07 bits per heavy atom. The van der Waals surface area contributed by atoms with Gasteiger partial charge in [-0.1, -0.05) is 81.4 Å². The summed E-state index contributed by atoms with van der Waals surface area (Å²) in [6.07, 6.45) is 6.25. The first-order valence-electron chi connectivity index (χ1n) is 10.6. The van der Waals surface area contributed by atoms with E-state index in [4.69, 9.17) is 9.97 Å². The zero-order valence-corrected chi connectivity index (χ0v) is 19.8. The monoisotopic (exact) mass is 380 g/mol. The molecular formula is C26H40N2. The molecule has 0 aliphatic rings. The topological polar surface area (TPSA) is 25.8 Å². The highest BCUT2D eigenvalue weighted by molar-refractivity contribution is 5.26. The average Bonchev–Trinajstić information content (AvgIpc) is 2.59. The fourth-order valence-corrected chi connectivity index (χ4v) is 3.36. The highest BCUT2D eigenvalue weighted by Gasteiger charge is 2.29. The van der Waals surface area contributed by atoms with Crippen molar-refractivity contribution >= 4 is 0 Å². The van der Waals surface area contributed by atoms with Crippen LogP contribution in [0.2, 0.25) is 0 Å². The summed E-state index contributed by atoms with van der Waals surface area (Å²) in [4.78, 5) is 9.63. The SMILES string of the molecule is CC(C)(C)c1ccc(C(C)(C)CCC(C)(C)c2ccc(C(C)(C)C)cn2)nc1. The van der Waals surface area contributed by atoms with Crippen LogP contribution in [0.25, 0.3) is 0 Å². The molecule has 2 aromatic rings. The van der Waals surface area contributed by atoms with E-state index in [0.717, 1.165) is 12.8 Å². The summed E-state index contributed by atoms with van der Waals surface area (Å²) < 4.78 is 0. The van der Waals surface area contributed by atoms with Crippen LogP contribution in [0.15, 0.2) is 36.7 Å². The Kier molecular flexibility index (Phi) is 6.14. The van der Waals surface area contributed by atoms with Crippen molar-refractivity contribution in [1.29, 1.82) is 0 Å². The minimum atomic E-state index is 0.0407. The van der Waals surface area contributed by atoms with Gasteiger partial charge < -0.3 is 0 Å². The Morgan fingerprint density at radius 1 is 0.536 bits per heavy atom. The molecule has 0 amide bonds. The van der Waals surface area contributed by atoms with Crippen LogP contribution in [0.4, 0.5) is 0 Å². The molecule has 0 saturated carbocycles. The summed E-state index contributed by atoms with van der Waals surface area (Å²) in [7, 11) is 0. The van der Waals surface area contributed by atoms with E-state index in [1.54, 1.807) is 0 Å². The quantitative estimate of drug-likeness (QED) is 0.552. The number of pyridine rings is 2. The highest BCUT2D eigenvalue weighted by atomic mass is 14.7. The molecular weight excluding hydrogens is 340 g/mol. The predicted octanol–water partition coefficient (Wildman–Crippen LogP) is 7.11. The molecule has 0 aromatic carbocycles. The summed E-state index contributed by atoms with van der Waals surface area (Å²) in [6.45, 7) is 22.6. The van der Waals surface area contributed by atoms with Crippen LogP contribution in [-0.2, 0) is 21.7 Å². The summed E-state index contributed by atoms with van der Waals surface area (Å²) in [5.41, 5.74) is 5.29. The second-order valence-electron chi connectivity index (χ2n) is 11.6. The lowest BCUT2D eigenvalue weighted by atomic mass is 9.75. The van der Waals surface area contributed by atoms with Gasteiger partial charge in [0.25, 0.3) is 0 Å². The smallest absolute Gasteiger partial charge is 0.0460 e. The molecule has 0 saturated heterocycles. The average molecular weight is 381 g/mol. The lowest BCUT2D eigenvalue weighted by Crippen LogP contribution is -2.26. The number of rotatable bonds is 5. The molecule has 0 bridgehead atoms. The van der Waals surface area contributed by atoms with Crippen molar-refractivity contribution in [2.75, 3.05) is 0 Å². The van der Waals surface area contributed by atoms with Gasteiger partial charge in [-0.25, -0.2) is 0 Å². The van der Waals surface area contributed by atoms with E-state index in [1.807, 2.05) is 0 Å². The Balaban J connectivity index is 2.12. The first-order chi connectivity index (χ1) is 12.6. The van der Waals surface area contributed by atoms with Gasteiger partial charge in [0.15, 0.2) is 0 Å². The summed E-state index contributed by atoms with van der Waals surface area (Å²) in [5, 5.41) is 0. The van der Waals surface area contributed by atoms with Gasteiger partial charge in [0.2, 0.25) is 0 Å². The van der Waals surface area contributed by atoms with Crippen LogP contribution in [0.3, 0.4) is 0 Å². The third-order valence-corrected chi connectivity index (χ3v) is 6.02. The van der Waals surface area contributed by atoms with Crippen LogP contribution >= 0.6 is 0 Å². The lowest BCUT2D eigenvalue weighted by Gasteiger charge is -2.31. The second kappa shape index (κ2) is 7.61. The van der Waals surface area contributed by atoms with Crippen molar-refractivity contribution in [3.8, 4) is 0 Å². The molecule has 0 fully saturated rings. The zero-order chi connectivity index (χ0) is 21.4. The molecule has 28 heavy (non-hydrogen) atoms. The van der Waals surface area contributed by atoms with Gasteiger partial charge in [0.05, 0.1) is 0 Å². The van der Waals surface area contributed by atoms with Crippen molar-refractivity contribution in [1.82, 2.24) is 9.97 Å². The first kappa shape index (κ1) is 22.6. The number of aromatic nitrogens is 2. The minimum absolute atomic E-state index is 0.0407. The summed E-state index contributed by atoms with van der Waals surface area (Å²) in [5.74, 6) is 0. The van der Waals surface area contributed by atoms with Crippen molar-refractivity contribution < 1.29 is 0 Å². The normalized spacial score (nSPS) is 13.6. The van der Waals surface area contributed by atoms with Crippen LogP contribution in [0, 0.1) is 0 Å². The van der Waals surface area contributed by atoms with E-state index < -0.39 is 0 Å². The molecule has 0 N–H and O–H groups in total. The van der Waals surface area contributed by atoms with Gasteiger partial charge in [0.1, 0.15) is 0 Å². The first-order valence-corrected chi connectivity index (χ1v) is 10.6. The van der Waals surface area contributed by atoms with E-state index in [-0.39, 0.29) is 21.7 Å². The van der Waals surface area contributed by atoms with Gasteiger partial charge in [-0.05, 0) is 46.9 Å². The molecule has 2 nitrogen and oxygen atoms in total. The van der Waals surface area contributed by atoms with Crippen molar-refractivity contribution in [2.24, 2.45) is 0 Å². The maximum Gasteiger partial charge on any atom is 0.0460 e. The molecule has 0 atom stereocenters. The van der Waals surface area contributed by atoms with Crippen LogP contribution in [0.5, 0.6) is 0 Å². The van der Waals surface area contributed by atoms with Gasteiger partial charge in [-0.2, -0.15) is 0 Å². The number of nitrogens with zero attached hydrogens (tertiary/aromatic N) is 2. The third kappa shape index (κ3) is 5.43. The summed E-state index contributed by atoms with van der Waals surface area (Å²) in [6, 6.07) is 8.90. The Hall–Kier alpha value is -1.70. The van der Waals surface area contributed by atoms with E-state index in [9.17, 15) is 0 Å². The molecule has 2 rings (SSSR count). The van der Waals surface area contributed by atoms with Crippen molar-refractivity contribution in [3.05, 3.63) is 59.2 Å². The van der Waals surface area contributed by atoms with Gasteiger partial charge >= 0.3 is 0 Å². The van der Waals surface area contributed by atoms with E-state index >= 15 is 0 Å². The fraction of sp³-hybridized carbons (Fsp3) is 0.615. The Morgan fingerprint density at radius 2 is 0.857 bits per heavy atom. The molecule has 0 spiro atoms. The molecule has 2 heteroatoms. The third-order valence-electron chi connectivity index (χ3n) is 6.02. The molecule has 0 aliphatic carbocycles. The standard InChI is InChI=1S/C26H40N2/c1-23(2,3)19-11-13-21(27-17-19)25(7,8)15-16-26(9,10)22-14-12-20(18-28-22)24(4,5)6/h11-14,17-18H,15-16H2,1-10H3. The zero-order valence-electron chi connectivity index (χ0n) is 19.8. The van der Waals surface area contributed by atoms with Gasteiger partial charge in [-0.3, -0.25) is 9.97 Å². The lowest BCUT2D eigenvalue weighted by molar-refractivity contribution is 0.363. The largest absolute Gasteiger partial charge is 0.260 e.